The summed E-state index contributed by atoms with van der Waals surface area (Å²) in [5, 5.41) is 4.28. The smallest absolute Gasteiger partial charge is 0.414 e. The fraction of sp³-hybridized carbons (Fsp3) is 0.233. The molecule has 6 rings (SSSR count). The molecule has 1 amide bonds. The summed E-state index contributed by atoms with van der Waals surface area (Å²) in [7, 11) is 0. The van der Waals surface area contributed by atoms with E-state index in [9.17, 15) is 14.0 Å². The number of anilines is 1. The largest absolute Gasteiger partial charge is 0.465 e. The van der Waals surface area contributed by atoms with Gasteiger partial charge in [-0.25, -0.2) is 9.07 Å². The van der Waals surface area contributed by atoms with Crippen molar-refractivity contribution in [2.45, 2.75) is 37.6 Å². The average molecular weight is 566 g/mol. The van der Waals surface area contributed by atoms with E-state index in [1.54, 1.807) is 60.7 Å². The molecule has 2 atom stereocenters. The highest BCUT2D eigenvalue weighted by Crippen LogP contribution is 2.66. The van der Waals surface area contributed by atoms with Crippen molar-refractivity contribution in [3.05, 3.63) is 107 Å². The van der Waals surface area contributed by atoms with Gasteiger partial charge in [0.15, 0.2) is 0 Å². The van der Waals surface area contributed by atoms with Gasteiger partial charge in [-0.1, -0.05) is 48.5 Å². The highest BCUT2D eigenvalue weighted by Gasteiger charge is 2.85. The van der Waals surface area contributed by atoms with Crippen molar-refractivity contribution >= 4 is 17.6 Å². The molecule has 3 aromatic carbocycles. The second-order valence-electron chi connectivity index (χ2n) is 9.80. The van der Waals surface area contributed by atoms with Gasteiger partial charge in [0.1, 0.15) is 5.82 Å². The van der Waals surface area contributed by atoms with Crippen LogP contribution in [0.2, 0.25) is 0 Å². The monoisotopic (exact) mass is 565 g/mol. The summed E-state index contributed by atoms with van der Waals surface area (Å²) >= 11 is 0. The zero-order valence-corrected chi connectivity index (χ0v) is 21.9. The zero-order valence-electron chi connectivity index (χ0n) is 21.9. The van der Waals surface area contributed by atoms with Crippen LogP contribution >= 0.6 is 0 Å². The number of rotatable bonds is 5. The molecule has 1 aromatic heterocycles. The number of amides is 1. The van der Waals surface area contributed by atoms with E-state index in [-0.39, 0.29) is 17.9 Å². The fourth-order valence-corrected chi connectivity index (χ4v) is 5.94. The van der Waals surface area contributed by atoms with Crippen LogP contribution in [0.25, 0.3) is 5.69 Å². The molecule has 0 unspecified atom stereocenters. The maximum absolute atomic E-state index is 15.8. The molecule has 3 heterocycles. The third-order valence-electron chi connectivity index (χ3n) is 7.54. The second-order valence-corrected chi connectivity index (χ2v) is 9.80. The third-order valence-corrected chi connectivity index (χ3v) is 7.54. The van der Waals surface area contributed by atoms with E-state index in [4.69, 9.17) is 9.47 Å². The molecule has 0 saturated carbocycles. The van der Waals surface area contributed by atoms with Crippen molar-refractivity contribution in [2.24, 2.45) is 0 Å². The molecule has 0 saturated heterocycles. The summed E-state index contributed by atoms with van der Waals surface area (Å²) in [6.07, 6.45) is -5.44. The fourth-order valence-electron chi connectivity index (χ4n) is 5.94. The highest BCUT2D eigenvalue weighted by molar-refractivity contribution is 6.13. The van der Waals surface area contributed by atoms with Crippen LogP contribution in [0.1, 0.15) is 29.3 Å². The maximum Gasteiger partial charge on any atom is 0.414 e. The molecule has 210 valence electrons. The number of aryl methyl sites for hydroxylation is 1. The van der Waals surface area contributed by atoms with E-state index in [1.807, 2.05) is 0 Å². The molecule has 2 aliphatic heterocycles. The summed E-state index contributed by atoms with van der Waals surface area (Å²) in [4.78, 5) is 29.4. The number of esters is 1. The number of carbonyl (C=O) groups excluding carboxylic acids is 2. The van der Waals surface area contributed by atoms with E-state index in [0.29, 0.717) is 11.3 Å². The zero-order chi connectivity index (χ0) is 29.2. The van der Waals surface area contributed by atoms with Crippen LogP contribution in [-0.2, 0) is 31.9 Å². The molecule has 0 fully saturated rings. The van der Waals surface area contributed by atoms with Crippen LogP contribution in [0, 0.1) is 12.7 Å². The first-order valence-electron chi connectivity index (χ1n) is 12.8. The summed E-state index contributed by atoms with van der Waals surface area (Å²) < 4.78 is 74.6. The van der Waals surface area contributed by atoms with E-state index < -0.39 is 58.5 Å². The molecule has 41 heavy (non-hydrogen) atoms. The first-order chi connectivity index (χ1) is 19.6. The molecule has 7 nitrogen and oxygen atoms in total. The minimum atomic E-state index is -5.44. The number of hydrogen-bond donors (Lipinski definition) is 0. The number of alkyl halides is 3. The van der Waals surface area contributed by atoms with Gasteiger partial charge in [0.2, 0.25) is 16.9 Å². The molecule has 0 aliphatic carbocycles. The number of benzene rings is 3. The van der Waals surface area contributed by atoms with Crippen LogP contribution in [0.15, 0.2) is 78.9 Å². The molecule has 0 N–H and O–H groups in total. The van der Waals surface area contributed by atoms with Crippen molar-refractivity contribution in [3.8, 4) is 11.6 Å². The van der Waals surface area contributed by atoms with Crippen LogP contribution < -0.4 is 9.64 Å². The van der Waals surface area contributed by atoms with Gasteiger partial charge in [-0.05, 0) is 49.7 Å². The lowest BCUT2D eigenvalue weighted by molar-refractivity contribution is -0.237. The van der Waals surface area contributed by atoms with Gasteiger partial charge in [-0.3, -0.25) is 9.59 Å². The van der Waals surface area contributed by atoms with E-state index in [0.717, 1.165) is 21.7 Å². The lowest BCUT2D eigenvalue weighted by Crippen LogP contribution is -2.66. The van der Waals surface area contributed by atoms with E-state index in [1.165, 1.54) is 19.9 Å². The number of carbonyl (C=O) groups is 2. The molecule has 0 radical (unpaired) electrons. The Kier molecular flexibility index (Phi) is 5.95. The summed E-state index contributed by atoms with van der Waals surface area (Å²) in [5.41, 5.74) is -7.13. The van der Waals surface area contributed by atoms with Crippen molar-refractivity contribution in [2.75, 3.05) is 11.5 Å². The normalized spacial score (nSPS) is 21.1. The number of fused-ring (bicyclic) bond motifs is 3. The standard InChI is InChI=1S/C30H23F4N3O4/c1-3-40-27(39)28(30(32,33)34)24-18(2)35-37(21-12-8-5-9-13-21)25(24)41-29(28)22-16-20(31)14-15-23(22)36(26(29)38)17-19-10-6-4-7-11-19/h4-16H,3,17H2,1-2H3/t28-,29-/m0/s1. The van der Waals surface area contributed by atoms with Gasteiger partial charge >= 0.3 is 12.1 Å². The molecule has 0 bridgehead atoms. The molecule has 11 heteroatoms. The molecule has 2 aliphatic rings. The minimum Gasteiger partial charge on any atom is -0.465 e. The van der Waals surface area contributed by atoms with Gasteiger partial charge in [0.05, 0.1) is 35.8 Å². The van der Waals surface area contributed by atoms with Gasteiger partial charge in [0.25, 0.3) is 5.91 Å². The van der Waals surface area contributed by atoms with Crippen molar-refractivity contribution in [1.82, 2.24) is 9.78 Å². The second kappa shape index (κ2) is 9.18. The number of hydrogen-bond acceptors (Lipinski definition) is 5. The van der Waals surface area contributed by atoms with Crippen LogP contribution in [-0.4, -0.2) is 34.4 Å². The van der Waals surface area contributed by atoms with Crippen molar-refractivity contribution < 1.29 is 36.6 Å². The van der Waals surface area contributed by atoms with Gasteiger partial charge in [0, 0.05) is 5.56 Å². The summed E-state index contributed by atoms with van der Waals surface area (Å²) in [6, 6.07) is 19.9. The Balaban J connectivity index is 1.70. The maximum atomic E-state index is 15.8. The van der Waals surface area contributed by atoms with Crippen LogP contribution in [0.3, 0.4) is 0 Å². The lowest BCUT2D eigenvalue weighted by atomic mass is 9.65. The lowest BCUT2D eigenvalue weighted by Gasteiger charge is -2.40. The molecule has 1 spiro atoms. The Bertz CT molecular complexity index is 1670. The van der Waals surface area contributed by atoms with Crippen LogP contribution in [0.4, 0.5) is 23.2 Å². The van der Waals surface area contributed by atoms with Gasteiger partial charge < -0.3 is 14.4 Å². The predicted octanol–water partition coefficient (Wildman–Crippen LogP) is 5.52. The number of para-hydroxylation sites is 1. The minimum absolute atomic E-state index is 0.0137. The molecular formula is C30H23F4N3O4. The Morgan fingerprint density at radius 3 is 2.32 bits per heavy atom. The quantitative estimate of drug-likeness (QED) is 0.236. The number of nitrogens with zero attached hydrogens (tertiary/aromatic N) is 3. The highest BCUT2D eigenvalue weighted by atomic mass is 19.4. The number of aromatic nitrogens is 2. The average Bonchev–Trinajstić information content (AvgIpc) is 3.53. The summed E-state index contributed by atoms with van der Waals surface area (Å²) in [5.74, 6) is -4.28. The Labute approximate surface area is 231 Å². The number of ether oxygens (including phenoxy) is 2. The topological polar surface area (TPSA) is 73.7 Å². The van der Waals surface area contributed by atoms with Crippen molar-refractivity contribution in [3.63, 3.8) is 0 Å². The molecular weight excluding hydrogens is 542 g/mol. The van der Waals surface area contributed by atoms with E-state index >= 15 is 13.2 Å². The first kappa shape index (κ1) is 26.5. The Morgan fingerprint density at radius 1 is 1.02 bits per heavy atom. The predicted molar refractivity (Wildman–Crippen MR) is 139 cm³/mol. The first-order valence-corrected chi connectivity index (χ1v) is 12.8. The van der Waals surface area contributed by atoms with Crippen LogP contribution in [0.5, 0.6) is 5.88 Å². The SMILES string of the molecule is CCOC(=O)[C@@]1(C(F)(F)F)c2c(C)nn(-c3ccccc3)c2O[C@@]12C(=O)N(Cc1ccccc1)c1ccc(F)cc12. The third kappa shape index (κ3) is 3.47. The van der Waals surface area contributed by atoms with Gasteiger partial charge in [-0.2, -0.15) is 18.3 Å². The van der Waals surface area contributed by atoms with E-state index in [2.05, 4.69) is 5.10 Å². The van der Waals surface area contributed by atoms with Crippen molar-refractivity contribution in [1.29, 1.82) is 0 Å². The Hall–Kier alpha value is -4.67. The Morgan fingerprint density at radius 2 is 1.68 bits per heavy atom. The van der Waals surface area contributed by atoms with Gasteiger partial charge in [-0.15, -0.1) is 0 Å². The molecule has 4 aromatic rings. The summed E-state index contributed by atoms with van der Waals surface area (Å²) in [6.45, 7) is 2.09. The number of halogens is 4.